The molecular formula is C13H11F2NO3. The minimum atomic E-state index is -0.937. The molecule has 4 nitrogen and oxygen atoms in total. The van der Waals surface area contributed by atoms with Gasteiger partial charge in [0.05, 0.1) is 5.56 Å². The van der Waals surface area contributed by atoms with Crippen LogP contribution in [0.15, 0.2) is 22.7 Å². The number of halogens is 2. The van der Waals surface area contributed by atoms with Gasteiger partial charge in [0.15, 0.2) is 24.2 Å². The van der Waals surface area contributed by atoms with Crippen LogP contribution in [-0.2, 0) is 9.47 Å². The van der Waals surface area contributed by atoms with E-state index >= 15 is 0 Å². The molecule has 2 aromatic rings. The fourth-order valence-electron chi connectivity index (χ4n) is 2.00. The third-order valence-corrected chi connectivity index (χ3v) is 2.97. The lowest BCUT2D eigenvalue weighted by Gasteiger charge is -2.33. The molecule has 1 fully saturated rings. The van der Waals surface area contributed by atoms with Crippen molar-refractivity contribution >= 4 is 0 Å². The summed E-state index contributed by atoms with van der Waals surface area (Å²) in [6, 6.07) is 3.54. The number of aromatic nitrogens is 1. The maximum Gasteiger partial charge on any atom is 0.195 e. The average molecular weight is 267 g/mol. The maximum atomic E-state index is 13.3. The molecule has 1 aliphatic rings. The molecule has 0 aliphatic carbocycles. The highest BCUT2D eigenvalue weighted by Gasteiger charge is 2.34. The van der Waals surface area contributed by atoms with Gasteiger partial charge in [-0.15, -0.1) is 0 Å². The molecule has 1 aromatic heterocycles. The maximum absolute atomic E-state index is 13.3. The first-order valence-electron chi connectivity index (χ1n) is 5.79. The number of nitrogens with zero attached hydrogens (tertiary/aromatic N) is 1. The second-order valence-electron chi connectivity index (χ2n) is 4.30. The van der Waals surface area contributed by atoms with Crippen LogP contribution in [-0.4, -0.2) is 11.4 Å². The van der Waals surface area contributed by atoms with E-state index < -0.39 is 17.9 Å². The van der Waals surface area contributed by atoms with Gasteiger partial charge in [-0.2, -0.15) is 0 Å². The Labute approximate surface area is 107 Å². The first-order chi connectivity index (χ1) is 9.06. The lowest BCUT2D eigenvalue weighted by atomic mass is 10.1. The molecule has 0 saturated carbocycles. The molecule has 2 heterocycles. The van der Waals surface area contributed by atoms with Gasteiger partial charge in [-0.05, 0) is 32.0 Å². The Morgan fingerprint density at radius 1 is 1.16 bits per heavy atom. The zero-order valence-corrected chi connectivity index (χ0v) is 10.3. The first-order valence-corrected chi connectivity index (χ1v) is 5.79. The topological polar surface area (TPSA) is 44.5 Å². The van der Waals surface area contributed by atoms with Crippen LogP contribution in [0, 0.1) is 18.6 Å². The SMILES string of the molecule is Cc1onc(-c2ccc(F)c(F)c2)c1C1OC(C)O1. The molecule has 0 radical (unpaired) electrons. The Morgan fingerprint density at radius 3 is 2.53 bits per heavy atom. The smallest absolute Gasteiger partial charge is 0.195 e. The zero-order valence-electron chi connectivity index (χ0n) is 10.3. The van der Waals surface area contributed by atoms with Crippen LogP contribution in [0.1, 0.15) is 24.5 Å². The molecule has 0 N–H and O–H groups in total. The normalized spacial score (nSPS) is 22.3. The Hall–Kier alpha value is -1.79. The summed E-state index contributed by atoms with van der Waals surface area (Å²) in [5.41, 5.74) is 1.41. The van der Waals surface area contributed by atoms with E-state index in [-0.39, 0.29) is 6.29 Å². The molecule has 0 unspecified atom stereocenters. The Morgan fingerprint density at radius 2 is 1.89 bits per heavy atom. The number of benzene rings is 1. The molecule has 1 aromatic carbocycles. The molecule has 0 atom stereocenters. The fraction of sp³-hybridized carbons (Fsp3) is 0.308. The predicted molar refractivity (Wildman–Crippen MR) is 61.0 cm³/mol. The monoisotopic (exact) mass is 267 g/mol. The van der Waals surface area contributed by atoms with Crippen molar-refractivity contribution in [2.45, 2.75) is 26.4 Å². The largest absolute Gasteiger partial charge is 0.361 e. The minimum Gasteiger partial charge on any atom is -0.361 e. The molecule has 100 valence electrons. The van der Waals surface area contributed by atoms with Gasteiger partial charge in [-0.1, -0.05) is 5.16 Å². The van der Waals surface area contributed by atoms with Crippen molar-refractivity contribution in [3.05, 3.63) is 41.2 Å². The van der Waals surface area contributed by atoms with Crippen LogP contribution >= 0.6 is 0 Å². The standard InChI is InChI=1S/C13H11F2NO3/c1-6-11(13-17-7(2)18-13)12(16-19-6)8-3-4-9(14)10(15)5-8/h3-5,7,13H,1-2H3. The van der Waals surface area contributed by atoms with Crippen LogP contribution in [0.5, 0.6) is 0 Å². The van der Waals surface area contributed by atoms with Crippen molar-refractivity contribution in [2.24, 2.45) is 0 Å². The molecule has 0 spiro atoms. The van der Waals surface area contributed by atoms with Crippen molar-refractivity contribution in [1.82, 2.24) is 5.16 Å². The van der Waals surface area contributed by atoms with Crippen molar-refractivity contribution in [2.75, 3.05) is 0 Å². The van der Waals surface area contributed by atoms with Gasteiger partial charge in [0.1, 0.15) is 11.5 Å². The van der Waals surface area contributed by atoms with Gasteiger partial charge >= 0.3 is 0 Å². The van der Waals surface area contributed by atoms with Gasteiger partial charge in [0.2, 0.25) is 0 Å². The summed E-state index contributed by atoms with van der Waals surface area (Å²) in [6.07, 6.45) is -0.874. The summed E-state index contributed by atoms with van der Waals surface area (Å²) in [4.78, 5) is 0. The number of hydrogen-bond donors (Lipinski definition) is 0. The predicted octanol–water partition coefficient (Wildman–Crippen LogP) is 3.32. The van der Waals surface area contributed by atoms with Crippen molar-refractivity contribution in [3.8, 4) is 11.3 Å². The number of rotatable bonds is 2. The van der Waals surface area contributed by atoms with Crippen LogP contribution in [0.2, 0.25) is 0 Å². The van der Waals surface area contributed by atoms with E-state index in [1.165, 1.54) is 6.07 Å². The Bertz CT molecular complexity index is 620. The second-order valence-corrected chi connectivity index (χ2v) is 4.30. The molecule has 19 heavy (non-hydrogen) atoms. The fourth-order valence-corrected chi connectivity index (χ4v) is 2.00. The average Bonchev–Trinajstić information content (AvgIpc) is 2.71. The molecule has 6 heteroatoms. The van der Waals surface area contributed by atoms with E-state index in [1.54, 1.807) is 13.8 Å². The van der Waals surface area contributed by atoms with Crippen molar-refractivity contribution in [1.29, 1.82) is 0 Å². The summed E-state index contributed by atoms with van der Waals surface area (Å²) in [7, 11) is 0. The lowest BCUT2D eigenvalue weighted by molar-refractivity contribution is -0.382. The van der Waals surface area contributed by atoms with Gasteiger partial charge in [-0.25, -0.2) is 8.78 Å². The van der Waals surface area contributed by atoms with Crippen LogP contribution in [0.25, 0.3) is 11.3 Å². The van der Waals surface area contributed by atoms with Gasteiger partial charge in [0.25, 0.3) is 0 Å². The molecule has 3 rings (SSSR count). The number of hydrogen-bond acceptors (Lipinski definition) is 4. The quantitative estimate of drug-likeness (QED) is 0.837. The van der Waals surface area contributed by atoms with Gasteiger partial charge < -0.3 is 14.0 Å². The van der Waals surface area contributed by atoms with E-state index in [0.717, 1.165) is 12.1 Å². The lowest BCUT2D eigenvalue weighted by Crippen LogP contribution is -2.32. The van der Waals surface area contributed by atoms with Crippen molar-refractivity contribution < 1.29 is 22.8 Å². The Balaban J connectivity index is 2.03. The number of ether oxygens (including phenoxy) is 2. The molecular weight excluding hydrogens is 256 g/mol. The van der Waals surface area contributed by atoms with Gasteiger partial charge in [-0.3, -0.25) is 0 Å². The van der Waals surface area contributed by atoms with E-state index in [4.69, 9.17) is 14.0 Å². The summed E-state index contributed by atoms with van der Waals surface area (Å²) in [6.45, 7) is 3.47. The highest BCUT2D eigenvalue weighted by Crippen LogP contribution is 2.39. The van der Waals surface area contributed by atoms with Gasteiger partial charge in [0, 0.05) is 5.56 Å². The summed E-state index contributed by atoms with van der Waals surface area (Å²) in [5.74, 6) is -1.32. The van der Waals surface area contributed by atoms with E-state index in [0.29, 0.717) is 22.6 Å². The van der Waals surface area contributed by atoms with E-state index in [2.05, 4.69) is 5.16 Å². The summed E-state index contributed by atoms with van der Waals surface area (Å²) < 4.78 is 42.1. The third kappa shape index (κ3) is 2.02. The summed E-state index contributed by atoms with van der Waals surface area (Å²) >= 11 is 0. The first kappa shape index (κ1) is 12.3. The minimum absolute atomic E-state index is 0.294. The van der Waals surface area contributed by atoms with Crippen LogP contribution < -0.4 is 0 Å². The van der Waals surface area contributed by atoms with Crippen molar-refractivity contribution in [3.63, 3.8) is 0 Å². The molecule has 1 aliphatic heterocycles. The Kier molecular flexibility index (Phi) is 2.83. The second kappa shape index (κ2) is 4.40. The zero-order chi connectivity index (χ0) is 13.6. The van der Waals surface area contributed by atoms with Crippen LogP contribution in [0.3, 0.4) is 0 Å². The molecule has 0 amide bonds. The molecule has 0 bridgehead atoms. The number of aryl methyl sites for hydroxylation is 1. The van der Waals surface area contributed by atoms with Crippen LogP contribution in [0.4, 0.5) is 8.78 Å². The van der Waals surface area contributed by atoms with E-state index in [1.807, 2.05) is 0 Å². The summed E-state index contributed by atoms with van der Waals surface area (Å²) in [5, 5.41) is 3.86. The highest BCUT2D eigenvalue weighted by molar-refractivity contribution is 5.63. The molecule has 1 saturated heterocycles. The third-order valence-electron chi connectivity index (χ3n) is 2.97. The van der Waals surface area contributed by atoms with E-state index in [9.17, 15) is 8.78 Å². The highest BCUT2D eigenvalue weighted by atomic mass is 19.2.